The largest absolute Gasteiger partial charge is 0.392 e. The molecule has 2 aromatic rings. The first-order valence-electron chi connectivity index (χ1n) is 5.67. The third kappa shape index (κ3) is 2.94. The molecule has 1 aromatic heterocycles. The first-order valence-corrected chi connectivity index (χ1v) is 7.97. The van der Waals surface area contributed by atoms with Crippen LogP contribution in [0.2, 0.25) is 0 Å². The predicted molar refractivity (Wildman–Crippen MR) is 73.4 cm³/mol. The van der Waals surface area contributed by atoms with E-state index >= 15 is 0 Å². The second-order valence-electron chi connectivity index (χ2n) is 4.36. The molecule has 0 aliphatic rings. The molecule has 0 amide bonds. The Morgan fingerprint density at radius 1 is 1.47 bits per heavy atom. The quantitative estimate of drug-likeness (QED) is 0.908. The topological polar surface area (TPSA) is 66.4 Å². The number of sulfonamides is 1. The fraction of sp³-hybridized carbons (Fsp3) is 0.333. The van der Waals surface area contributed by atoms with E-state index in [2.05, 4.69) is 4.72 Å². The lowest BCUT2D eigenvalue weighted by molar-refractivity contribution is 0.198. The van der Waals surface area contributed by atoms with Crippen LogP contribution in [-0.2, 0) is 10.0 Å². The van der Waals surface area contributed by atoms with E-state index in [-0.39, 0.29) is 10.8 Å². The highest BCUT2D eigenvalue weighted by Gasteiger charge is 2.22. The number of thiophene rings is 1. The number of nitrogens with one attached hydrogen (secondary N) is 1. The normalized spacial score (nSPS) is 13.9. The average Bonchev–Trinajstić information content (AvgIpc) is 2.65. The summed E-state index contributed by atoms with van der Waals surface area (Å²) in [4.78, 5) is 0. The van der Waals surface area contributed by atoms with Crippen LogP contribution in [0.1, 0.15) is 12.5 Å². The molecular formula is C12H14FNO3S2. The van der Waals surface area contributed by atoms with Crippen molar-refractivity contribution < 1.29 is 17.9 Å². The third-order valence-electron chi connectivity index (χ3n) is 2.67. The van der Waals surface area contributed by atoms with Gasteiger partial charge in [-0.25, -0.2) is 17.5 Å². The minimum Gasteiger partial charge on any atom is -0.392 e. The number of aryl methyl sites for hydroxylation is 1. The zero-order valence-electron chi connectivity index (χ0n) is 10.5. The first kappa shape index (κ1) is 14.4. The number of hydrogen-bond donors (Lipinski definition) is 2. The minimum atomic E-state index is -3.67. The van der Waals surface area contributed by atoms with Crippen molar-refractivity contribution in [1.29, 1.82) is 0 Å². The SMILES string of the molecule is Cc1c(S(=O)(=O)NCC(C)O)sc2ccc(F)cc12. The second kappa shape index (κ2) is 5.16. The lowest BCUT2D eigenvalue weighted by atomic mass is 10.2. The molecule has 19 heavy (non-hydrogen) atoms. The maximum absolute atomic E-state index is 13.2. The van der Waals surface area contributed by atoms with Crippen molar-refractivity contribution in [2.45, 2.75) is 24.2 Å². The summed E-state index contributed by atoms with van der Waals surface area (Å²) in [6.45, 7) is 3.09. The number of fused-ring (bicyclic) bond motifs is 1. The maximum atomic E-state index is 13.2. The lowest BCUT2D eigenvalue weighted by Gasteiger charge is -2.07. The van der Waals surface area contributed by atoms with Crippen LogP contribution in [0.15, 0.2) is 22.4 Å². The number of aliphatic hydroxyl groups excluding tert-OH is 1. The standard InChI is InChI=1S/C12H14FNO3S2/c1-7(15)6-14-19(16,17)12-8(2)10-5-9(13)3-4-11(10)18-12/h3-5,7,14-15H,6H2,1-2H3. The van der Waals surface area contributed by atoms with E-state index < -0.39 is 21.9 Å². The molecule has 0 spiro atoms. The van der Waals surface area contributed by atoms with E-state index in [1.165, 1.54) is 19.1 Å². The van der Waals surface area contributed by atoms with Crippen LogP contribution in [0.25, 0.3) is 10.1 Å². The van der Waals surface area contributed by atoms with Gasteiger partial charge in [0.25, 0.3) is 0 Å². The van der Waals surface area contributed by atoms with Crippen LogP contribution in [0, 0.1) is 12.7 Å². The third-order valence-corrected chi connectivity index (χ3v) is 5.98. The number of rotatable bonds is 4. The molecule has 0 bridgehead atoms. The van der Waals surface area contributed by atoms with Gasteiger partial charge in [0.15, 0.2) is 0 Å². The van der Waals surface area contributed by atoms with E-state index in [4.69, 9.17) is 5.11 Å². The molecule has 2 N–H and O–H groups in total. The van der Waals surface area contributed by atoms with Gasteiger partial charge in [0, 0.05) is 11.2 Å². The Labute approximate surface area is 114 Å². The Bertz CT molecular complexity index is 707. The van der Waals surface area contributed by atoms with Crippen LogP contribution >= 0.6 is 11.3 Å². The lowest BCUT2D eigenvalue weighted by Crippen LogP contribution is -2.30. The summed E-state index contributed by atoms with van der Waals surface area (Å²) in [5, 5.41) is 9.73. The Morgan fingerprint density at radius 2 is 2.16 bits per heavy atom. The Hall–Kier alpha value is -1.02. The van der Waals surface area contributed by atoms with Crippen molar-refractivity contribution in [3.8, 4) is 0 Å². The van der Waals surface area contributed by atoms with Crippen LogP contribution in [0.3, 0.4) is 0 Å². The van der Waals surface area contributed by atoms with Crippen molar-refractivity contribution in [2.24, 2.45) is 0 Å². The van der Waals surface area contributed by atoms with Gasteiger partial charge in [-0.1, -0.05) is 0 Å². The maximum Gasteiger partial charge on any atom is 0.250 e. The molecule has 104 valence electrons. The molecule has 1 aromatic carbocycles. The molecule has 0 aliphatic carbocycles. The Kier molecular flexibility index (Phi) is 3.91. The fourth-order valence-corrected chi connectivity index (χ4v) is 4.63. The summed E-state index contributed by atoms with van der Waals surface area (Å²) in [5.74, 6) is -0.394. The number of aliphatic hydroxyl groups is 1. The van der Waals surface area contributed by atoms with Crippen molar-refractivity contribution in [3.05, 3.63) is 29.6 Å². The minimum absolute atomic E-state index is 0.0512. The molecule has 0 saturated carbocycles. The van der Waals surface area contributed by atoms with Crippen LogP contribution in [0.4, 0.5) is 4.39 Å². The van der Waals surface area contributed by atoms with Gasteiger partial charge in [-0.2, -0.15) is 0 Å². The highest BCUT2D eigenvalue weighted by atomic mass is 32.2. The van der Waals surface area contributed by atoms with Crippen molar-refractivity contribution in [2.75, 3.05) is 6.54 Å². The van der Waals surface area contributed by atoms with E-state index in [9.17, 15) is 12.8 Å². The summed E-state index contributed by atoms with van der Waals surface area (Å²) in [7, 11) is -3.67. The van der Waals surface area contributed by atoms with Gasteiger partial charge in [0.1, 0.15) is 10.0 Å². The molecule has 0 radical (unpaired) electrons. The summed E-state index contributed by atoms with van der Waals surface area (Å²) in [6.07, 6.45) is -0.762. The van der Waals surface area contributed by atoms with Crippen LogP contribution in [-0.4, -0.2) is 26.2 Å². The summed E-state index contributed by atoms with van der Waals surface area (Å²) < 4.78 is 40.6. The monoisotopic (exact) mass is 303 g/mol. The highest BCUT2D eigenvalue weighted by molar-refractivity contribution is 7.91. The van der Waals surface area contributed by atoms with Crippen molar-refractivity contribution in [3.63, 3.8) is 0 Å². The average molecular weight is 303 g/mol. The first-order chi connectivity index (χ1) is 8.81. The van der Waals surface area contributed by atoms with Gasteiger partial charge < -0.3 is 5.11 Å². The Balaban J connectivity index is 2.48. The molecule has 7 heteroatoms. The van der Waals surface area contributed by atoms with E-state index in [0.717, 1.165) is 16.0 Å². The molecule has 1 atom stereocenters. The molecule has 0 fully saturated rings. The molecular weight excluding hydrogens is 289 g/mol. The zero-order valence-corrected chi connectivity index (χ0v) is 12.1. The molecule has 0 saturated heterocycles. The van der Waals surface area contributed by atoms with Crippen LogP contribution < -0.4 is 4.72 Å². The smallest absolute Gasteiger partial charge is 0.250 e. The van der Waals surface area contributed by atoms with Crippen molar-refractivity contribution >= 4 is 31.4 Å². The van der Waals surface area contributed by atoms with E-state index in [1.54, 1.807) is 13.0 Å². The number of halogens is 1. The molecule has 2 rings (SSSR count). The number of benzene rings is 1. The van der Waals surface area contributed by atoms with Gasteiger partial charge in [0.05, 0.1) is 6.10 Å². The number of hydrogen-bond acceptors (Lipinski definition) is 4. The van der Waals surface area contributed by atoms with Gasteiger partial charge >= 0.3 is 0 Å². The predicted octanol–water partition coefficient (Wildman–Crippen LogP) is 2.01. The summed E-state index contributed by atoms with van der Waals surface area (Å²) >= 11 is 1.09. The highest BCUT2D eigenvalue weighted by Crippen LogP contribution is 2.34. The molecule has 1 unspecified atom stereocenters. The van der Waals surface area contributed by atoms with Gasteiger partial charge in [-0.05, 0) is 43.0 Å². The summed E-state index contributed by atoms with van der Waals surface area (Å²) in [5.41, 5.74) is 0.526. The molecule has 4 nitrogen and oxygen atoms in total. The molecule has 1 heterocycles. The fourth-order valence-electron chi connectivity index (χ4n) is 1.72. The van der Waals surface area contributed by atoms with Crippen LogP contribution in [0.5, 0.6) is 0 Å². The Morgan fingerprint density at radius 3 is 2.79 bits per heavy atom. The molecule has 0 aliphatic heterocycles. The van der Waals surface area contributed by atoms with Gasteiger partial charge in [0.2, 0.25) is 10.0 Å². The zero-order chi connectivity index (χ0) is 14.2. The van der Waals surface area contributed by atoms with E-state index in [0.29, 0.717) is 10.9 Å². The summed E-state index contributed by atoms with van der Waals surface area (Å²) in [6, 6.07) is 4.20. The van der Waals surface area contributed by atoms with E-state index in [1.807, 2.05) is 0 Å². The van der Waals surface area contributed by atoms with Crippen molar-refractivity contribution in [1.82, 2.24) is 4.72 Å². The van der Waals surface area contributed by atoms with Gasteiger partial charge in [-0.15, -0.1) is 11.3 Å². The van der Waals surface area contributed by atoms with Gasteiger partial charge in [-0.3, -0.25) is 0 Å². The second-order valence-corrected chi connectivity index (χ2v) is 7.37.